The highest BCUT2D eigenvalue weighted by Crippen LogP contribution is 2.37. The number of benzene rings is 2. The van der Waals surface area contributed by atoms with Gasteiger partial charge in [-0.3, -0.25) is 4.79 Å². The van der Waals surface area contributed by atoms with E-state index in [1.807, 2.05) is 36.4 Å². The van der Waals surface area contributed by atoms with E-state index in [1.165, 1.54) is 16.2 Å². The molecule has 0 fully saturated rings. The summed E-state index contributed by atoms with van der Waals surface area (Å²) in [5, 5.41) is 0. The summed E-state index contributed by atoms with van der Waals surface area (Å²) >= 11 is 0. The average molecular weight is 363 g/mol. The minimum atomic E-state index is -0.119. The molecule has 0 amide bonds. The van der Waals surface area contributed by atoms with Gasteiger partial charge in [-0.05, 0) is 29.2 Å². The number of hydrogen-bond acceptors (Lipinski definition) is 3. The summed E-state index contributed by atoms with van der Waals surface area (Å²) in [5.41, 5.74) is 2.90. The van der Waals surface area contributed by atoms with Crippen molar-refractivity contribution < 1.29 is 9.47 Å². The first kappa shape index (κ1) is 18.8. The number of hydrogen-bond donors (Lipinski definition) is 0. The minimum absolute atomic E-state index is 0.0959. The van der Waals surface area contributed by atoms with Crippen molar-refractivity contribution in [2.24, 2.45) is 7.05 Å². The van der Waals surface area contributed by atoms with Crippen LogP contribution in [-0.4, -0.2) is 11.7 Å². The lowest BCUT2D eigenvalue weighted by atomic mass is 9.87. The van der Waals surface area contributed by atoms with Gasteiger partial charge in [0.25, 0.3) is 5.56 Å². The zero-order valence-corrected chi connectivity index (χ0v) is 16.4. The lowest BCUT2D eigenvalue weighted by molar-refractivity contribution is 0.414. The molecule has 3 aromatic rings. The van der Waals surface area contributed by atoms with Crippen molar-refractivity contribution in [1.82, 2.24) is 4.57 Å². The second-order valence-electron chi connectivity index (χ2n) is 7.58. The molecule has 0 radical (unpaired) electrons. The normalized spacial score (nSPS) is 11.3. The Bertz CT molecular complexity index is 995. The molecule has 4 heteroatoms. The highest BCUT2D eigenvalue weighted by atomic mass is 16.5. The van der Waals surface area contributed by atoms with E-state index in [1.54, 1.807) is 20.4 Å². The Hall–Kier alpha value is -3.01. The summed E-state index contributed by atoms with van der Waals surface area (Å²) in [6.07, 6.45) is 1.77. The van der Waals surface area contributed by atoms with Gasteiger partial charge in [0.1, 0.15) is 17.2 Å². The van der Waals surface area contributed by atoms with Gasteiger partial charge in [-0.1, -0.05) is 51.1 Å². The minimum Gasteiger partial charge on any atom is -0.496 e. The summed E-state index contributed by atoms with van der Waals surface area (Å²) in [6.45, 7) is 6.55. The van der Waals surface area contributed by atoms with E-state index >= 15 is 0 Å². The van der Waals surface area contributed by atoms with Crippen LogP contribution < -0.4 is 15.0 Å². The molecular weight excluding hydrogens is 338 g/mol. The molecule has 0 spiro atoms. The first-order chi connectivity index (χ1) is 12.8. The van der Waals surface area contributed by atoms with Crippen LogP contribution >= 0.6 is 0 Å². The lowest BCUT2D eigenvalue weighted by Gasteiger charge is -2.19. The highest BCUT2D eigenvalue weighted by Gasteiger charge is 2.15. The Morgan fingerprint density at radius 3 is 2.19 bits per heavy atom. The molecule has 0 saturated heterocycles. The van der Waals surface area contributed by atoms with Crippen LogP contribution in [0.25, 0.3) is 11.1 Å². The van der Waals surface area contributed by atoms with Gasteiger partial charge in [0.05, 0.1) is 7.11 Å². The molecular formula is C23H25NO3. The maximum atomic E-state index is 11.9. The predicted molar refractivity (Wildman–Crippen MR) is 109 cm³/mol. The van der Waals surface area contributed by atoms with E-state index in [9.17, 15) is 4.79 Å². The third-order valence-electron chi connectivity index (χ3n) is 4.54. The first-order valence-corrected chi connectivity index (χ1v) is 8.92. The average Bonchev–Trinajstić information content (AvgIpc) is 2.64. The SMILES string of the molecule is COc1cc(=O)n(C)cc1-c1ccccc1Oc1ccc(C(C)(C)C)cc1. The molecule has 0 bridgehead atoms. The van der Waals surface area contributed by atoms with Gasteiger partial charge in [-0.15, -0.1) is 0 Å². The number of para-hydroxylation sites is 1. The number of aromatic nitrogens is 1. The molecule has 0 unspecified atom stereocenters. The summed E-state index contributed by atoms with van der Waals surface area (Å²) < 4.78 is 13.1. The fraction of sp³-hybridized carbons (Fsp3) is 0.261. The van der Waals surface area contributed by atoms with Crippen molar-refractivity contribution in [3.8, 4) is 28.4 Å². The van der Waals surface area contributed by atoms with E-state index in [-0.39, 0.29) is 11.0 Å². The summed E-state index contributed by atoms with van der Waals surface area (Å²) in [4.78, 5) is 11.9. The smallest absolute Gasteiger partial charge is 0.254 e. The topological polar surface area (TPSA) is 40.5 Å². The third kappa shape index (κ3) is 4.05. The van der Waals surface area contributed by atoms with Gasteiger partial charge in [-0.2, -0.15) is 0 Å². The van der Waals surface area contributed by atoms with Gasteiger partial charge in [0, 0.05) is 30.4 Å². The van der Waals surface area contributed by atoms with Crippen molar-refractivity contribution in [3.63, 3.8) is 0 Å². The quantitative estimate of drug-likeness (QED) is 0.643. The van der Waals surface area contributed by atoms with Crippen LogP contribution in [0.1, 0.15) is 26.3 Å². The molecule has 0 aliphatic heterocycles. The summed E-state index contributed by atoms with van der Waals surface area (Å²) in [7, 11) is 3.28. The van der Waals surface area contributed by atoms with Crippen LogP contribution in [0, 0.1) is 0 Å². The van der Waals surface area contributed by atoms with E-state index in [0.717, 1.165) is 16.9 Å². The second-order valence-corrected chi connectivity index (χ2v) is 7.58. The zero-order valence-electron chi connectivity index (χ0n) is 16.4. The number of rotatable bonds is 4. The van der Waals surface area contributed by atoms with Crippen LogP contribution in [0.5, 0.6) is 17.2 Å². The third-order valence-corrected chi connectivity index (χ3v) is 4.54. The number of pyridine rings is 1. The second kappa shape index (κ2) is 7.31. The molecule has 140 valence electrons. The van der Waals surface area contributed by atoms with Crippen molar-refractivity contribution in [1.29, 1.82) is 0 Å². The summed E-state index contributed by atoms with van der Waals surface area (Å²) in [6, 6.07) is 17.4. The molecule has 0 saturated carbocycles. The molecule has 0 N–H and O–H groups in total. The summed E-state index contributed by atoms with van der Waals surface area (Å²) in [5.74, 6) is 1.99. The van der Waals surface area contributed by atoms with Crippen molar-refractivity contribution >= 4 is 0 Å². The molecule has 1 heterocycles. The first-order valence-electron chi connectivity index (χ1n) is 8.92. The molecule has 2 aromatic carbocycles. The van der Waals surface area contributed by atoms with Crippen molar-refractivity contribution in [2.75, 3.05) is 7.11 Å². The van der Waals surface area contributed by atoms with Crippen LogP contribution in [0.4, 0.5) is 0 Å². The Kier molecular flexibility index (Phi) is 5.08. The van der Waals surface area contributed by atoms with Crippen LogP contribution in [0.3, 0.4) is 0 Å². The van der Waals surface area contributed by atoms with E-state index in [4.69, 9.17) is 9.47 Å². The Morgan fingerprint density at radius 1 is 0.889 bits per heavy atom. The molecule has 1 aromatic heterocycles. The highest BCUT2D eigenvalue weighted by molar-refractivity contribution is 5.75. The maximum absolute atomic E-state index is 11.9. The predicted octanol–water partition coefficient (Wildman–Crippen LogP) is 5.15. The Labute approximate surface area is 160 Å². The van der Waals surface area contributed by atoms with Gasteiger partial charge >= 0.3 is 0 Å². The largest absolute Gasteiger partial charge is 0.496 e. The molecule has 0 aliphatic carbocycles. The van der Waals surface area contributed by atoms with Gasteiger partial charge in [0.15, 0.2) is 0 Å². The van der Waals surface area contributed by atoms with E-state index < -0.39 is 0 Å². The van der Waals surface area contributed by atoms with Gasteiger partial charge < -0.3 is 14.0 Å². The van der Waals surface area contributed by atoms with E-state index in [0.29, 0.717) is 11.5 Å². The monoisotopic (exact) mass is 363 g/mol. The van der Waals surface area contributed by atoms with Crippen molar-refractivity contribution in [2.45, 2.75) is 26.2 Å². The molecule has 27 heavy (non-hydrogen) atoms. The number of aryl methyl sites for hydroxylation is 1. The lowest BCUT2D eigenvalue weighted by Crippen LogP contribution is -2.15. The zero-order chi connectivity index (χ0) is 19.6. The number of methoxy groups -OCH3 is 1. The van der Waals surface area contributed by atoms with Crippen LogP contribution in [-0.2, 0) is 12.5 Å². The van der Waals surface area contributed by atoms with Gasteiger partial charge in [-0.25, -0.2) is 0 Å². The van der Waals surface area contributed by atoms with Crippen molar-refractivity contribution in [3.05, 3.63) is 76.7 Å². The van der Waals surface area contributed by atoms with Gasteiger partial charge in [0.2, 0.25) is 0 Å². The molecule has 0 atom stereocenters. The number of nitrogens with zero attached hydrogens (tertiary/aromatic N) is 1. The maximum Gasteiger partial charge on any atom is 0.254 e. The Balaban J connectivity index is 2.01. The number of ether oxygens (including phenoxy) is 2. The molecule has 4 nitrogen and oxygen atoms in total. The van der Waals surface area contributed by atoms with Crippen LogP contribution in [0.15, 0.2) is 65.6 Å². The fourth-order valence-corrected chi connectivity index (χ4v) is 2.91. The van der Waals surface area contributed by atoms with Crippen LogP contribution in [0.2, 0.25) is 0 Å². The standard InChI is InChI=1S/C23H25NO3/c1-23(2,3)16-10-12-17(13-11-16)27-20-9-7-6-8-18(20)19-15-24(4)22(25)14-21(19)26-5/h6-15H,1-5H3. The molecule has 3 rings (SSSR count). The Morgan fingerprint density at radius 2 is 1.56 bits per heavy atom. The van der Waals surface area contributed by atoms with E-state index in [2.05, 4.69) is 32.9 Å². The molecule has 0 aliphatic rings. The fourth-order valence-electron chi connectivity index (χ4n) is 2.91.